The minimum Gasteiger partial charge on any atom is -0.619 e. The van der Waals surface area contributed by atoms with Gasteiger partial charge in [0.15, 0.2) is 23.8 Å². The molecule has 0 fully saturated rings. The minimum absolute atomic E-state index is 0.751. The van der Waals surface area contributed by atoms with Crippen LogP contribution in [-0.2, 0) is 12.8 Å². The van der Waals surface area contributed by atoms with Crippen LogP contribution < -0.4 is 9.46 Å². The maximum atomic E-state index is 11.4. The van der Waals surface area contributed by atoms with Crippen molar-refractivity contribution >= 4 is 11.8 Å². The molecule has 2 aromatic heterocycles. The van der Waals surface area contributed by atoms with Crippen LogP contribution >= 0.6 is 11.8 Å². The fraction of sp³-hybridized carbons (Fsp3) is 0.286. The first-order valence-corrected chi connectivity index (χ1v) is 7.35. The molecule has 0 radical (unpaired) electrons. The predicted octanol–water partition coefficient (Wildman–Crippen LogP) is 1.47. The third kappa shape index (κ3) is 4.13. The Morgan fingerprint density at radius 1 is 0.789 bits per heavy atom. The van der Waals surface area contributed by atoms with Crippen LogP contribution in [0, 0.1) is 10.4 Å². The van der Waals surface area contributed by atoms with E-state index in [-0.39, 0.29) is 0 Å². The predicted molar refractivity (Wildman–Crippen MR) is 75.5 cm³/mol. The van der Waals surface area contributed by atoms with Gasteiger partial charge in [0.05, 0.1) is 0 Å². The number of thioether (sulfide) groups is 1. The summed E-state index contributed by atoms with van der Waals surface area (Å²) in [7, 11) is 0. The summed E-state index contributed by atoms with van der Waals surface area (Å²) in [4.78, 5) is 0. The lowest BCUT2D eigenvalue weighted by Crippen LogP contribution is -2.31. The molecule has 0 atom stereocenters. The van der Waals surface area contributed by atoms with Gasteiger partial charge < -0.3 is 10.4 Å². The van der Waals surface area contributed by atoms with E-state index in [1.54, 1.807) is 23.9 Å². The third-order valence-corrected chi connectivity index (χ3v) is 3.80. The van der Waals surface area contributed by atoms with Gasteiger partial charge in [-0.1, -0.05) is 12.1 Å². The fourth-order valence-corrected chi connectivity index (χ4v) is 2.68. The number of nitrogens with zero attached hydrogens (tertiary/aromatic N) is 2. The van der Waals surface area contributed by atoms with Crippen molar-refractivity contribution in [1.82, 2.24) is 0 Å². The second kappa shape index (κ2) is 6.99. The van der Waals surface area contributed by atoms with Gasteiger partial charge in [-0.3, -0.25) is 0 Å². The molecular formula is C14H16N2O2S. The fourth-order valence-electron chi connectivity index (χ4n) is 1.77. The molecule has 0 N–H and O–H groups in total. The molecule has 0 saturated carbocycles. The van der Waals surface area contributed by atoms with E-state index in [0.29, 0.717) is 0 Å². The lowest BCUT2D eigenvalue weighted by Gasteiger charge is -2.04. The Bertz CT molecular complexity index is 487. The SMILES string of the molecule is [O-][n+]1ccccc1CCSCCc1cccc[n+]1[O-]. The summed E-state index contributed by atoms with van der Waals surface area (Å²) in [5.41, 5.74) is 1.57. The van der Waals surface area contributed by atoms with Crippen LogP contribution in [0.2, 0.25) is 0 Å². The minimum atomic E-state index is 0.751. The van der Waals surface area contributed by atoms with Gasteiger partial charge in [0.25, 0.3) is 0 Å². The number of aromatic nitrogens is 2. The smallest absolute Gasteiger partial charge is 0.193 e. The first-order valence-electron chi connectivity index (χ1n) is 6.19. The van der Waals surface area contributed by atoms with E-state index in [2.05, 4.69) is 0 Å². The highest BCUT2D eigenvalue weighted by Gasteiger charge is 2.05. The topological polar surface area (TPSA) is 53.9 Å². The van der Waals surface area contributed by atoms with Crippen LogP contribution in [-0.4, -0.2) is 11.5 Å². The van der Waals surface area contributed by atoms with Crippen LogP contribution in [0.15, 0.2) is 48.8 Å². The van der Waals surface area contributed by atoms with Crippen LogP contribution in [0.3, 0.4) is 0 Å². The molecule has 4 nitrogen and oxygen atoms in total. The van der Waals surface area contributed by atoms with Crippen molar-refractivity contribution in [2.45, 2.75) is 12.8 Å². The molecule has 0 unspecified atom stereocenters. The number of pyridine rings is 2. The Labute approximate surface area is 116 Å². The molecule has 0 aliphatic heterocycles. The molecule has 2 rings (SSSR count). The molecular weight excluding hydrogens is 260 g/mol. The monoisotopic (exact) mass is 276 g/mol. The quantitative estimate of drug-likeness (QED) is 0.456. The Balaban J connectivity index is 1.71. The molecule has 5 heteroatoms. The zero-order valence-electron chi connectivity index (χ0n) is 10.6. The first-order chi connectivity index (χ1) is 9.27. The van der Waals surface area contributed by atoms with Gasteiger partial charge in [-0.2, -0.15) is 21.2 Å². The number of aryl methyl sites for hydroxylation is 2. The molecule has 100 valence electrons. The third-order valence-electron chi connectivity index (χ3n) is 2.81. The van der Waals surface area contributed by atoms with Crippen molar-refractivity contribution < 1.29 is 9.46 Å². The van der Waals surface area contributed by atoms with Crippen LogP contribution in [0.25, 0.3) is 0 Å². The number of hydrogen-bond donors (Lipinski definition) is 0. The highest BCUT2D eigenvalue weighted by atomic mass is 32.2. The van der Waals surface area contributed by atoms with Crippen LogP contribution in [0.1, 0.15) is 11.4 Å². The molecule has 0 saturated heterocycles. The van der Waals surface area contributed by atoms with Crippen molar-refractivity contribution in [3.05, 3.63) is 70.6 Å². The van der Waals surface area contributed by atoms with Gasteiger partial charge in [-0.15, -0.1) is 0 Å². The largest absolute Gasteiger partial charge is 0.619 e. The average Bonchev–Trinajstić information content (AvgIpc) is 2.42. The summed E-state index contributed by atoms with van der Waals surface area (Å²) in [5.74, 6) is 1.77. The second-order valence-electron chi connectivity index (χ2n) is 4.15. The van der Waals surface area contributed by atoms with E-state index in [0.717, 1.165) is 45.2 Å². The highest BCUT2D eigenvalue weighted by molar-refractivity contribution is 7.99. The van der Waals surface area contributed by atoms with Crippen LogP contribution in [0.5, 0.6) is 0 Å². The Kier molecular flexibility index (Phi) is 5.03. The summed E-state index contributed by atoms with van der Waals surface area (Å²) in [6.45, 7) is 0. The van der Waals surface area contributed by atoms with E-state index in [1.807, 2.05) is 24.3 Å². The zero-order valence-corrected chi connectivity index (χ0v) is 11.4. The van der Waals surface area contributed by atoms with Gasteiger partial charge in [0.1, 0.15) is 0 Å². The molecule has 0 aliphatic rings. The van der Waals surface area contributed by atoms with Crippen molar-refractivity contribution in [3.63, 3.8) is 0 Å². The van der Waals surface area contributed by atoms with E-state index >= 15 is 0 Å². The zero-order chi connectivity index (χ0) is 13.5. The number of rotatable bonds is 6. The van der Waals surface area contributed by atoms with Crippen molar-refractivity contribution in [2.75, 3.05) is 11.5 Å². The Hall–Kier alpha value is -1.75. The molecule has 0 spiro atoms. The van der Waals surface area contributed by atoms with Gasteiger partial charge in [-0.25, -0.2) is 0 Å². The summed E-state index contributed by atoms with van der Waals surface area (Å²) in [6.07, 6.45) is 4.54. The summed E-state index contributed by atoms with van der Waals surface area (Å²) >= 11 is 1.76. The van der Waals surface area contributed by atoms with E-state index in [9.17, 15) is 10.4 Å². The van der Waals surface area contributed by atoms with Gasteiger partial charge in [0.2, 0.25) is 0 Å². The maximum absolute atomic E-state index is 11.4. The average molecular weight is 276 g/mol. The molecule has 0 amide bonds. The van der Waals surface area contributed by atoms with Gasteiger partial charge >= 0.3 is 0 Å². The molecule has 2 aromatic rings. The van der Waals surface area contributed by atoms with Crippen molar-refractivity contribution in [3.8, 4) is 0 Å². The normalized spacial score (nSPS) is 10.5. The first kappa shape index (κ1) is 13.7. The van der Waals surface area contributed by atoms with E-state index < -0.39 is 0 Å². The lowest BCUT2D eigenvalue weighted by atomic mass is 10.3. The molecule has 0 aromatic carbocycles. The second-order valence-corrected chi connectivity index (χ2v) is 5.37. The molecule has 2 heterocycles. The van der Waals surface area contributed by atoms with E-state index in [4.69, 9.17) is 0 Å². The maximum Gasteiger partial charge on any atom is 0.193 e. The van der Waals surface area contributed by atoms with Crippen molar-refractivity contribution in [2.24, 2.45) is 0 Å². The molecule has 0 aliphatic carbocycles. The highest BCUT2D eigenvalue weighted by Crippen LogP contribution is 2.06. The van der Waals surface area contributed by atoms with E-state index in [1.165, 1.54) is 12.4 Å². The van der Waals surface area contributed by atoms with Gasteiger partial charge in [-0.05, 0) is 0 Å². The van der Waals surface area contributed by atoms with Crippen LogP contribution in [0.4, 0.5) is 0 Å². The summed E-state index contributed by atoms with van der Waals surface area (Å²) in [6, 6.07) is 10.9. The number of hydrogen-bond acceptors (Lipinski definition) is 3. The van der Waals surface area contributed by atoms with Crippen molar-refractivity contribution in [1.29, 1.82) is 0 Å². The Morgan fingerprint density at radius 2 is 1.26 bits per heavy atom. The Morgan fingerprint density at radius 3 is 1.68 bits per heavy atom. The summed E-state index contributed by atoms with van der Waals surface area (Å²) in [5, 5.41) is 22.8. The summed E-state index contributed by atoms with van der Waals surface area (Å²) < 4.78 is 1.81. The molecule has 19 heavy (non-hydrogen) atoms. The van der Waals surface area contributed by atoms with Gasteiger partial charge in [0, 0.05) is 48.6 Å². The lowest BCUT2D eigenvalue weighted by molar-refractivity contribution is -0.613. The molecule has 0 bridgehead atoms. The standard InChI is InChI=1S/C14H16N2O2S/c17-15-9-3-1-5-13(15)7-11-19-12-8-14-6-2-4-10-16(14)18/h1-6,9-10H,7-8,11-12H2.